The largest absolute Gasteiger partial charge is 0.467 e. The van der Waals surface area contributed by atoms with Gasteiger partial charge in [0.2, 0.25) is 0 Å². The van der Waals surface area contributed by atoms with Gasteiger partial charge in [0.05, 0.1) is 12.7 Å². The first-order chi connectivity index (χ1) is 16.0. The molecule has 0 bridgehead atoms. The average molecular weight is 542 g/mol. The molecule has 0 heterocycles. The van der Waals surface area contributed by atoms with Gasteiger partial charge < -0.3 is 9.47 Å². The number of carbonyl (C=O) groups is 1. The van der Waals surface area contributed by atoms with Crippen molar-refractivity contribution in [2.75, 3.05) is 7.11 Å². The number of hydrogen-bond donors (Lipinski definition) is 0. The van der Waals surface area contributed by atoms with Gasteiger partial charge in [-0.1, -0.05) is 60.2 Å². The molecule has 0 unspecified atom stereocenters. The van der Waals surface area contributed by atoms with Crippen molar-refractivity contribution in [3.05, 3.63) is 86.9 Å². The van der Waals surface area contributed by atoms with E-state index in [-0.39, 0.29) is 0 Å². The van der Waals surface area contributed by atoms with Crippen LogP contribution in [0.25, 0.3) is 11.1 Å². The van der Waals surface area contributed by atoms with E-state index in [9.17, 15) is 4.79 Å². The van der Waals surface area contributed by atoms with Crippen molar-refractivity contribution in [1.82, 2.24) is 0 Å². The topological polar surface area (TPSA) is 35.5 Å². The van der Waals surface area contributed by atoms with Crippen molar-refractivity contribution in [3.8, 4) is 11.1 Å². The predicted molar refractivity (Wildman–Crippen MR) is 145 cm³/mol. The predicted octanol–water partition coefficient (Wildman–Crippen LogP) is 8.36. The Labute approximate surface area is 216 Å². The van der Waals surface area contributed by atoms with Crippen LogP contribution >= 0.6 is 27.7 Å². The molecule has 0 amide bonds. The van der Waals surface area contributed by atoms with Gasteiger partial charge in [-0.3, -0.25) is 0 Å². The van der Waals surface area contributed by atoms with Gasteiger partial charge in [-0.25, -0.2) is 4.79 Å². The molecule has 0 fully saturated rings. The molecule has 0 N–H and O–H groups in total. The van der Waals surface area contributed by atoms with Crippen LogP contribution in [0.3, 0.4) is 0 Å². The summed E-state index contributed by atoms with van der Waals surface area (Å²) in [5.74, 6) is 0.429. The maximum Gasteiger partial charge on any atom is 0.339 e. The molecular formula is C29H33BrO3S. The fourth-order valence-electron chi connectivity index (χ4n) is 3.96. The summed E-state index contributed by atoms with van der Waals surface area (Å²) in [6.45, 7) is 12.1. The first-order valence-corrected chi connectivity index (χ1v) is 13.1. The number of esters is 1. The van der Waals surface area contributed by atoms with Crippen LogP contribution in [-0.4, -0.2) is 18.7 Å². The normalized spacial score (nSPS) is 12.5. The molecule has 0 spiro atoms. The molecule has 0 aliphatic rings. The number of halogens is 1. The third-order valence-corrected chi connectivity index (χ3v) is 8.16. The Morgan fingerprint density at radius 3 is 2.15 bits per heavy atom. The van der Waals surface area contributed by atoms with Crippen LogP contribution in [0, 0.1) is 20.8 Å². The summed E-state index contributed by atoms with van der Waals surface area (Å²) in [5.41, 5.74) is 6.91. The van der Waals surface area contributed by atoms with Gasteiger partial charge in [-0.05, 0) is 85.3 Å². The minimum absolute atomic E-state index is 0.396. The lowest BCUT2D eigenvalue weighted by Gasteiger charge is -2.31. The van der Waals surface area contributed by atoms with Crippen molar-refractivity contribution in [2.45, 2.75) is 63.9 Å². The monoisotopic (exact) mass is 540 g/mol. The molecule has 3 aromatic carbocycles. The molecule has 3 nitrogen and oxygen atoms in total. The molecular weight excluding hydrogens is 508 g/mol. The number of aryl methyl sites for hydroxylation is 1. The molecule has 1 atom stereocenters. The molecule has 0 saturated carbocycles. The first-order valence-electron chi connectivity index (χ1n) is 11.4. The highest BCUT2D eigenvalue weighted by Gasteiger charge is 2.34. The quantitative estimate of drug-likeness (QED) is 0.222. The molecule has 34 heavy (non-hydrogen) atoms. The van der Waals surface area contributed by atoms with Crippen LogP contribution in [0.5, 0.6) is 0 Å². The first kappa shape index (κ1) is 26.5. The minimum Gasteiger partial charge on any atom is -0.467 e. The lowest BCUT2D eigenvalue weighted by atomic mass is 9.88. The van der Waals surface area contributed by atoms with Gasteiger partial charge in [0.1, 0.15) is 0 Å². The van der Waals surface area contributed by atoms with Gasteiger partial charge in [-0.15, -0.1) is 11.8 Å². The van der Waals surface area contributed by atoms with E-state index >= 15 is 0 Å². The zero-order valence-electron chi connectivity index (χ0n) is 21.0. The zero-order valence-corrected chi connectivity index (χ0v) is 23.4. The van der Waals surface area contributed by atoms with Crippen LogP contribution in [0.2, 0.25) is 0 Å². The second kappa shape index (κ2) is 11.1. The summed E-state index contributed by atoms with van der Waals surface area (Å²) in [6, 6.07) is 18.8. The van der Waals surface area contributed by atoms with E-state index in [0.717, 1.165) is 42.9 Å². The van der Waals surface area contributed by atoms with Crippen molar-refractivity contribution in [1.29, 1.82) is 0 Å². The Balaban J connectivity index is 2.26. The Hall–Kier alpha value is -2.08. The molecule has 0 radical (unpaired) electrons. The third kappa shape index (κ3) is 6.12. The van der Waals surface area contributed by atoms with E-state index in [1.807, 2.05) is 26.8 Å². The van der Waals surface area contributed by atoms with E-state index in [1.165, 1.54) is 18.2 Å². The Morgan fingerprint density at radius 1 is 0.971 bits per heavy atom. The van der Waals surface area contributed by atoms with Crippen molar-refractivity contribution < 1.29 is 14.3 Å². The van der Waals surface area contributed by atoms with Gasteiger partial charge in [0.15, 0.2) is 6.10 Å². The summed E-state index contributed by atoms with van der Waals surface area (Å²) in [5, 5.41) is 0. The van der Waals surface area contributed by atoms with Gasteiger partial charge in [0, 0.05) is 20.7 Å². The SMILES string of the molecule is COC(=O)[C@@H](OC(C)(C)C)c1c(C)c(SCc2ccccc2)c(Br)c(C)c1-c1ccc(C)cc1. The summed E-state index contributed by atoms with van der Waals surface area (Å²) in [7, 11) is 1.42. The fraction of sp³-hybridized carbons (Fsp3) is 0.345. The van der Waals surface area contributed by atoms with Crippen LogP contribution < -0.4 is 0 Å². The van der Waals surface area contributed by atoms with Crippen LogP contribution in [-0.2, 0) is 20.0 Å². The smallest absolute Gasteiger partial charge is 0.339 e. The Bertz CT molecular complexity index is 1150. The van der Waals surface area contributed by atoms with Gasteiger partial charge >= 0.3 is 5.97 Å². The summed E-state index contributed by atoms with van der Waals surface area (Å²) < 4.78 is 12.6. The van der Waals surface area contributed by atoms with Crippen LogP contribution in [0.15, 0.2) is 64.0 Å². The molecule has 0 saturated heterocycles. The van der Waals surface area contributed by atoms with E-state index in [2.05, 4.69) is 85.2 Å². The van der Waals surface area contributed by atoms with Crippen molar-refractivity contribution >= 4 is 33.7 Å². The van der Waals surface area contributed by atoms with Crippen LogP contribution in [0.1, 0.15) is 54.7 Å². The number of carbonyl (C=O) groups excluding carboxylic acids is 1. The molecule has 0 aromatic heterocycles. The maximum absolute atomic E-state index is 13.1. The summed E-state index contributed by atoms with van der Waals surface area (Å²) in [4.78, 5) is 14.2. The molecule has 0 aliphatic carbocycles. The number of hydrogen-bond acceptors (Lipinski definition) is 4. The fourth-order valence-corrected chi connectivity index (χ4v) is 5.91. The minimum atomic E-state index is -0.843. The van der Waals surface area contributed by atoms with E-state index in [1.54, 1.807) is 11.8 Å². The molecule has 3 rings (SSSR count). The third-order valence-electron chi connectivity index (χ3n) is 5.63. The number of benzene rings is 3. The maximum atomic E-state index is 13.1. The standard InChI is InChI=1S/C29H33BrO3S/c1-18-13-15-22(16-14-18)23-19(2)25(30)27(34-17-21-11-9-8-10-12-21)20(3)24(23)26(28(31)32-7)33-29(4,5)6/h8-16,26H,17H2,1-7H3/t26-/m0/s1. The molecule has 3 aromatic rings. The van der Waals surface area contributed by atoms with E-state index in [0.29, 0.717) is 0 Å². The van der Waals surface area contributed by atoms with E-state index < -0.39 is 17.7 Å². The average Bonchev–Trinajstić information content (AvgIpc) is 2.80. The van der Waals surface area contributed by atoms with Crippen molar-refractivity contribution in [2.24, 2.45) is 0 Å². The molecule has 180 valence electrons. The Kier molecular flexibility index (Phi) is 8.66. The highest BCUT2D eigenvalue weighted by atomic mass is 79.9. The zero-order chi connectivity index (χ0) is 25.0. The Morgan fingerprint density at radius 2 is 1.59 bits per heavy atom. The molecule has 5 heteroatoms. The van der Waals surface area contributed by atoms with Crippen molar-refractivity contribution in [3.63, 3.8) is 0 Å². The van der Waals surface area contributed by atoms with E-state index in [4.69, 9.17) is 9.47 Å². The number of thioether (sulfide) groups is 1. The lowest BCUT2D eigenvalue weighted by Crippen LogP contribution is -2.29. The summed E-state index contributed by atoms with van der Waals surface area (Å²) >= 11 is 5.65. The highest BCUT2D eigenvalue weighted by Crippen LogP contribution is 2.46. The number of methoxy groups -OCH3 is 1. The second-order valence-corrected chi connectivity index (χ2v) is 11.2. The van der Waals surface area contributed by atoms with Crippen LogP contribution in [0.4, 0.5) is 0 Å². The van der Waals surface area contributed by atoms with Gasteiger partial charge in [0.25, 0.3) is 0 Å². The lowest BCUT2D eigenvalue weighted by molar-refractivity contribution is -0.164. The summed E-state index contributed by atoms with van der Waals surface area (Å²) in [6.07, 6.45) is -0.843. The van der Waals surface area contributed by atoms with Gasteiger partial charge in [-0.2, -0.15) is 0 Å². The molecule has 0 aliphatic heterocycles. The highest BCUT2D eigenvalue weighted by molar-refractivity contribution is 9.10. The second-order valence-electron chi connectivity index (χ2n) is 9.46. The number of ether oxygens (including phenoxy) is 2. The number of rotatable bonds is 7.